The molecule has 5 nitrogen and oxygen atoms in total. The molecule has 0 spiro atoms. The third-order valence-electron chi connectivity index (χ3n) is 2.68. The fraction of sp³-hybridized carbons (Fsp3) is 0.250. The van der Waals surface area contributed by atoms with Gasteiger partial charge in [-0.3, -0.25) is 4.79 Å². The van der Waals surface area contributed by atoms with E-state index in [1.165, 1.54) is 0 Å². The third kappa shape index (κ3) is 5.97. The molecule has 0 saturated heterocycles. The molecule has 0 aliphatic carbocycles. The highest BCUT2D eigenvalue weighted by atomic mass is 32.1. The summed E-state index contributed by atoms with van der Waals surface area (Å²) in [6, 6.07) is 11.6. The summed E-state index contributed by atoms with van der Waals surface area (Å²) in [5.74, 6) is 0.571. The second-order valence-corrected chi connectivity index (χ2v) is 5.52. The van der Waals surface area contributed by atoms with Crippen LogP contribution in [-0.2, 0) is 9.63 Å². The zero-order chi connectivity index (χ0) is 15.6. The molecule has 0 aliphatic rings. The van der Waals surface area contributed by atoms with Gasteiger partial charge in [0.2, 0.25) is 0 Å². The van der Waals surface area contributed by atoms with Crippen LogP contribution in [-0.4, -0.2) is 31.9 Å². The molecule has 2 rings (SSSR count). The Morgan fingerprint density at radius 1 is 1.36 bits per heavy atom. The molecule has 0 atom stereocenters. The topological polar surface area (TPSA) is 59.9 Å². The molecule has 2 aromatic rings. The van der Waals surface area contributed by atoms with E-state index in [1.807, 2.05) is 48.7 Å². The van der Waals surface area contributed by atoms with Crippen LogP contribution in [0.15, 0.2) is 46.9 Å². The van der Waals surface area contributed by atoms with Crippen LogP contribution in [0.1, 0.15) is 10.4 Å². The number of hydrogen-bond acceptors (Lipinski definition) is 5. The molecule has 116 valence electrons. The Labute approximate surface area is 133 Å². The highest BCUT2D eigenvalue weighted by Crippen LogP contribution is 2.11. The van der Waals surface area contributed by atoms with Crippen molar-refractivity contribution in [3.05, 3.63) is 52.2 Å². The number of carbonyl (C=O) groups is 1. The van der Waals surface area contributed by atoms with Gasteiger partial charge in [-0.15, -0.1) is 11.3 Å². The van der Waals surface area contributed by atoms with Gasteiger partial charge in [-0.25, -0.2) is 0 Å². The van der Waals surface area contributed by atoms with E-state index < -0.39 is 0 Å². The smallest absolute Gasteiger partial charge is 0.260 e. The number of benzene rings is 1. The maximum absolute atomic E-state index is 11.5. The third-order valence-corrected chi connectivity index (χ3v) is 3.48. The lowest BCUT2D eigenvalue weighted by Gasteiger charge is -2.07. The summed E-state index contributed by atoms with van der Waals surface area (Å²) >= 11 is 1.55. The standard InChI is InChI=1S/C16H18N2O3S/c1-13-4-2-5-14(10-13)20-8-7-17-16(19)12-21-18-11-15-6-3-9-22-15/h2-6,9-11H,7-8,12H2,1H3,(H,17,19)/b18-11-. The van der Waals surface area contributed by atoms with Crippen LogP contribution in [0.4, 0.5) is 0 Å². The number of nitrogens with zero attached hydrogens (tertiary/aromatic N) is 1. The van der Waals surface area contributed by atoms with E-state index in [2.05, 4.69) is 10.5 Å². The molecule has 6 heteroatoms. The predicted octanol–water partition coefficient (Wildman–Crippen LogP) is 2.60. The molecule has 0 radical (unpaired) electrons. The number of amides is 1. The highest BCUT2D eigenvalue weighted by molar-refractivity contribution is 7.11. The van der Waals surface area contributed by atoms with E-state index in [-0.39, 0.29) is 12.5 Å². The van der Waals surface area contributed by atoms with Gasteiger partial charge < -0.3 is 14.9 Å². The molecule has 22 heavy (non-hydrogen) atoms. The normalized spacial score (nSPS) is 10.6. The predicted molar refractivity (Wildman–Crippen MR) is 87.5 cm³/mol. The number of hydrogen-bond donors (Lipinski definition) is 1. The first-order valence-electron chi connectivity index (χ1n) is 6.89. The Kier molecular flexibility index (Phi) is 6.44. The lowest BCUT2D eigenvalue weighted by molar-refractivity contribution is -0.125. The second kappa shape index (κ2) is 8.84. The summed E-state index contributed by atoms with van der Waals surface area (Å²) in [7, 11) is 0. The van der Waals surface area contributed by atoms with E-state index in [0.29, 0.717) is 13.2 Å². The fourth-order valence-electron chi connectivity index (χ4n) is 1.67. The van der Waals surface area contributed by atoms with Gasteiger partial charge in [0.15, 0.2) is 6.61 Å². The second-order valence-electron chi connectivity index (χ2n) is 4.54. The lowest BCUT2D eigenvalue weighted by atomic mass is 10.2. The van der Waals surface area contributed by atoms with Crippen LogP contribution in [0.25, 0.3) is 0 Å². The number of aryl methyl sites for hydroxylation is 1. The van der Waals surface area contributed by atoms with Crippen LogP contribution >= 0.6 is 11.3 Å². The van der Waals surface area contributed by atoms with Crippen molar-refractivity contribution < 1.29 is 14.4 Å². The van der Waals surface area contributed by atoms with Crippen LogP contribution in [0.2, 0.25) is 0 Å². The monoisotopic (exact) mass is 318 g/mol. The molecule has 0 fully saturated rings. The first-order chi connectivity index (χ1) is 10.7. The Balaban J connectivity index is 1.56. The fourth-order valence-corrected chi connectivity index (χ4v) is 2.24. The van der Waals surface area contributed by atoms with Gasteiger partial charge in [0.25, 0.3) is 5.91 Å². The van der Waals surface area contributed by atoms with Crippen molar-refractivity contribution in [1.82, 2.24) is 5.32 Å². The number of ether oxygens (including phenoxy) is 1. The van der Waals surface area contributed by atoms with E-state index in [0.717, 1.165) is 16.2 Å². The molecule has 0 aliphatic heterocycles. The Morgan fingerprint density at radius 3 is 3.05 bits per heavy atom. The minimum absolute atomic E-state index is 0.105. The maximum Gasteiger partial charge on any atom is 0.260 e. The molecular weight excluding hydrogens is 300 g/mol. The first-order valence-corrected chi connectivity index (χ1v) is 7.77. The average Bonchev–Trinajstić information content (AvgIpc) is 3.02. The average molecular weight is 318 g/mol. The van der Waals surface area contributed by atoms with Crippen molar-refractivity contribution in [2.75, 3.05) is 19.8 Å². The van der Waals surface area contributed by atoms with Gasteiger partial charge in [0, 0.05) is 4.88 Å². The number of carbonyl (C=O) groups excluding carboxylic acids is 1. The van der Waals surface area contributed by atoms with Gasteiger partial charge in [-0.1, -0.05) is 23.4 Å². The number of nitrogens with one attached hydrogen (secondary N) is 1. The number of rotatable bonds is 8. The van der Waals surface area contributed by atoms with E-state index in [4.69, 9.17) is 9.57 Å². The minimum Gasteiger partial charge on any atom is -0.492 e. The van der Waals surface area contributed by atoms with Crippen LogP contribution < -0.4 is 10.1 Å². The van der Waals surface area contributed by atoms with Crippen LogP contribution in [0, 0.1) is 6.92 Å². The summed E-state index contributed by atoms with van der Waals surface area (Å²) in [4.78, 5) is 17.4. The summed E-state index contributed by atoms with van der Waals surface area (Å²) in [5.41, 5.74) is 1.14. The number of thiophene rings is 1. The van der Waals surface area contributed by atoms with Crippen LogP contribution in [0.5, 0.6) is 5.75 Å². The Morgan fingerprint density at radius 2 is 2.27 bits per heavy atom. The molecule has 0 bridgehead atoms. The molecule has 0 unspecified atom stereocenters. The number of oxime groups is 1. The zero-order valence-corrected chi connectivity index (χ0v) is 13.1. The SMILES string of the molecule is Cc1cccc(OCCNC(=O)CO/N=C\c2cccs2)c1. The highest BCUT2D eigenvalue weighted by Gasteiger charge is 2.01. The molecule has 1 amide bonds. The van der Waals surface area contributed by atoms with Crippen molar-refractivity contribution >= 4 is 23.5 Å². The van der Waals surface area contributed by atoms with Crippen LogP contribution in [0.3, 0.4) is 0 Å². The largest absolute Gasteiger partial charge is 0.492 e. The van der Waals surface area contributed by atoms with Crippen molar-refractivity contribution in [1.29, 1.82) is 0 Å². The Hall–Kier alpha value is -2.34. The zero-order valence-electron chi connectivity index (χ0n) is 12.3. The van der Waals surface area contributed by atoms with Gasteiger partial charge >= 0.3 is 0 Å². The summed E-state index contributed by atoms with van der Waals surface area (Å²) in [6.07, 6.45) is 1.58. The quantitative estimate of drug-likeness (QED) is 0.462. The summed E-state index contributed by atoms with van der Waals surface area (Å²) in [5, 5.41) is 8.38. The van der Waals surface area contributed by atoms with Gasteiger partial charge in [-0.2, -0.15) is 0 Å². The Bertz CT molecular complexity index is 612. The minimum atomic E-state index is -0.226. The molecule has 1 aromatic heterocycles. The first kappa shape index (κ1) is 16.0. The molecule has 0 saturated carbocycles. The molecule has 1 heterocycles. The summed E-state index contributed by atoms with van der Waals surface area (Å²) in [6.45, 7) is 2.73. The van der Waals surface area contributed by atoms with E-state index in [9.17, 15) is 4.79 Å². The van der Waals surface area contributed by atoms with Crippen molar-refractivity contribution in [3.63, 3.8) is 0 Å². The van der Waals surface area contributed by atoms with E-state index in [1.54, 1.807) is 17.6 Å². The molecule has 1 aromatic carbocycles. The van der Waals surface area contributed by atoms with Crippen molar-refractivity contribution in [2.24, 2.45) is 5.16 Å². The van der Waals surface area contributed by atoms with Gasteiger partial charge in [-0.05, 0) is 36.1 Å². The summed E-state index contributed by atoms with van der Waals surface area (Å²) < 4.78 is 5.53. The molecule has 1 N–H and O–H groups in total. The maximum atomic E-state index is 11.5. The van der Waals surface area contributed by atoms with E-state index >= 15 is 0 Å². The molecular formula is C16H18N2O3S. The lowest BCUT2D eigenvalue weighted by Crippen LogP contribution is -2.30. The van der Waals surface area contributed by atoms with Crippen molar-refractivity contribution in [2.45, 2.75) is 6.92 Å². The van der Waals surface area contributed by atoms with Gasteiger partial charge in [0.05, 0.1) is 12.8 Å². The van der Waals surface area contributed by atoms with Crippen molar-refractivity contribution in [3.8, 4) is 5.75 Å². The van der Waals surface area contributed by atoms with Gasteiger partial charge in [0.1, 0.15) is 12.4 Å².